The van der Waals surface area contributed by atoms with E-state index in [1.807, 2.05) is 0 Å². The average Bonchev–Trinajstić information content (AvgIpc) is 3.49. The maximum Gasteiger partial charge on any atom is 0.341 e. The van der Waals surface area contributed by atoms with Crippen molar-refractivity contribution in [1.82, 2.24) is 9.88 Å². The Morgan fingerprint density at radius 2 is 2.10 bits per heavy atom. The summed E-state index contributed by atoms with van der Waals surface area (Å²) in [6.07, 6.45) is 2.00. The van der Waals surface area contributed by atoms with Crippen LogP contribution >= 0.6 is 0 Å². The zero-order chi connectivity index (χ0) is 22.3. The van der Waals surface area contributed by atoms with E-state index in [2.05, 4.69) is 5.32 Å². The Bertz CT molecular complexity index is 1070. The number of carboxylic acids is 1. The zero-order valence-electron chi connectivity index (χ0n) is 17.0. The zero-order valence-corrected chi connectivity index (χ0v) is 17.0. The second-order valence-corrected chi connectivity index (χ2v) is 8.06. The number of carbonyl (C=O) groups is 1. The number of fused-ring (bicyclic) bond motifs is 1. The van der Waals surface area contributed by atoms with E-state index in [0.717, 1.165) is 25.1 Å². The third-order valence-electron chi connectivity index (χ3n) is 5.93. The number of aromatic carboxylic acids is 1. The highest BCUT2D eigenvalue weighted by molar-refractivity contribution is 5.97. The maximum atomic E-state index is 15.2. The fraction of sp³-hybridized carbons (Fsp3) is 0.524. The molecule has 1 aromatic heterocycles. The van der Waals surface area contributed by atoms with Gasteiger partial charge in [-0.2, -0.15) is 0 Å². The van der Waals surface area contributed by atoms with Crippen molar-refractivity contribution < 1.29 is 27.8 Å². The summed E-state index contributed by atoms with van der Waals surface area (Å²) in [5, 5.41) is 12.4. The molecule has 2 fully saturated rings. The van der Waals surface area contributed by atoms with Gasteiger partial charge in [0.1, 0.15) is 24.1 Å². The summed E-state index contributed by atoms with van der Waals surface area (Å²) in [5.41, 5.74) is -1.41. The van der Waals surface area contributed by atoms with Gasteiger partial charge in [-0.3, -0.25) is 4.79 Å². The molecule has 0 radical (unpaired) electrons. The van der Waals surface area contributed by atoms with Crippen molar-refractivity contribution in [3.8, 4) is 5.75 Å². The van der Waals surface area contributed by atoms with Crippen LogP contribution in [0.2, 0.25) is 0 Å². The van der Waals surface area contributed by atoms with Crippen LogP contribution < -0.4 is 20.4 Å². The highest BCUT2D eigenvalue weighted by Gasteiger charge is 2.37. The second kappa shape index (κ2) is 8.41. The van der Waals surface area contributed by atoms with E-state index in [4.69, 9.17) is 4.74 Å². The fourth-order valence-electron chi connectivity index (χ4n) is 4.21. The number of aryl methyl sites for hydroxylation is 1. The van der Waals surface area contributed by atoms with Crippen molar-refractivity contribution in [3.05, 3.63) is 33.9 Å². The molecule has 4 rings (SSSR count). The lowest BCUT2D eigenvalue weighted by Crippen LogP contribution is -2.30. The Morgan fingerprint density at radius 1 is 1.35 bits per heavy atom. The number of anilines is 1. The summed E-state index contributed by atoms with van der Waals surface area (Å²) < 4.78 is 49.7. The van der Waals surface area contributed by atoms with Crippen LogP contribution in [0.4, 0.5) is 18.9 Å². The van der Waals surface area contributed by atoms with Crippen LogP contribution in [0.15, 0.2) is 17.1 Å². The highest BCUT2D eigenvalue weighted by atomic mass is 19.1. The topological polar surface area (TPSA) is 83.8 Å². The van der Waals surface area contributed by atoms with Gasteiger partial charge in [0.15, 0.2) is 11.6 Å². The smallest absolute Gasteiger partial charge is 0.341 e. The van der Waals surface area contributed by atoms with Gasteiger partial charge >= 0.3 is 5.97 Å². The molecule has 1 aliphatic carbocycles. The molecular weight excluding hydrogens is 415 g/mol. The number of hydrogen-bond donors (Lipinski definition) is 2. The molecular formula is C21H24F3N3O4. The lowest BCUT2D eigenvalue weighted by atomic mass is 10.1. The number of alkyl halides is 2. The third-order valence-corrected chi connectivity index (χ3v) is 5.93. The van der Waals surface area contributed by atoms with Crippen molar-refractivity contribution in [2.75, 3.05) is 38.3 Å². The van der Waals surface area contributed by atoms with Gasteiger partial charge in [-0.25, -0.2) is 18.0 Å². The second-order valence-electron chi connectivity index (χ2n) is 8.06. The number of methoxy groups -OCH3 is 1. The number of halogens is 3. The Kier molecular flexibility index (Phi) is 5.83. The van der Waals surface area contributed by atoms with Crippen LogP contribution in [0.5, 0.6) is 5.75 Å². The summed E-state index contributed by atoms with van der Waals surface area (Å²) >= 11 is 0. The lowest BCUT2D eigenvalue weighted by molar-refractivity contribution is 0.0694. The predicted octanol–water partition coefficient (Wildman–Crippen LogP) is 2.34. The number of hydrogen-bond acceptors (Lipinski definition) is 5. The van der Waals surface area contributed by atoms with Crippen LogP contribution in [0.25, 0.3) is 10.9 Å². The van der Waals surface area contributed by atoms with Crippen molar-refractivity contribution in [3.63, 3.8) is 0 Å². The van der Waals surface area contributed by atoms with E-state index < -0.39 is 35.6 Å². The molecule has 2 N–H and O–H groups in total. The van der Waals surface area contributed by atoms with E-state index in [1.165, 1.54) is 16.6 Å². The van der Waals surface area contributed by atoms with Crippen LogP contribution in [0.3, 0.4) is 0 Å². The van der Waals surface area contributed by atoms with Gasteiger partial charge in [0, 0.05) is 37.8 Å². The summed E-state index contributed by atoms with van der Waals surface area (Å²) in [5.74, 6) is -2.68. The molecule has 2 unspecified atom stereocenters. The van der Waals surface area contributed by atoms with Gasteiger partial charge in [0.05, 0.1) is 24.6 Å². The van der Waals surface area contributed by atoms with Gasteiger partial charge < -0.3 is 24.6 Å². The first-order chi connectivity index (χ1) is 14.8. The van der Waals surface area contributed by atoms with Gasteiger partial charge in [-0.1, -0.05) is 0 Å². The summed E-state index contributed by atoms with van der Waals surface area (Å²) in [7, 11) is 1.28. The minimum absolute atomic E-state index is 0.0124. The first-order valence-electron chi connectivity index (χ1n) is 10.2. The number of aromatic nitrogens is 1. The first-order valence-corrected chi connectivity index (χ1v) is 10.2. The quantitative estimate of drug-likeness (QED) is 0.657. The normalized spacial score (nSPS) is 21.1. The van der Waals surface area contributed by atoms with Gasteiger partial charge in [-0.05, 0) is 18.9 Å². The Labute approximate surface area is 176 Å². The molecule has 2 aromatic rings. The van der Waals surface area contributed by atoms with Gasteiger partial charge in [0.25, 0.3) is 0 Å². The average molecular weight is 439 g/mol. The summed E-state index contributed by atoms with van der Waals surface area (Å²) in [6, 6.07) is 1.35. The minimum Gasteiger partial charge on any atom is -0.492 e. The SMILES string of the molecule is COc1c(N2CC(F)C(CNC3CC3)C2)c(F)cc2c(=O)c(C(=O)O)cn(CCF)c12. The first kappa shape index (κ1) is 21.5. The number of pyridine rings is 1. The van der Waals surface area contributed by atoms with Crippen molar-refractivity contribution >= 4 is 22.6 Å². The van der Waals surface area contributed by atoms with Crippen LogP contribution in [0, 0.1) is 11.7 Å². The van der Waals surface area contributed by atoms with E-state index in [1.54, 1.807) is 0 Å². The molecule has 10 heteroatoms. The lowest BCUT2D eigenvalue weighted by Gasteiger charge is -2.24. The third kappa shape index (κ3) is 3.96. The van der Waals surface area contributed by atoms with E-state index >= 15 is 4.39 Å². The Hall–Kier alpha value is -2.75. The van der Waals surface area contributed by atoms with E-state index in [-0.39, 0.29) is 47.9 Å². The molecule has 0 amide bonds. The van der Waals surface area contributed by atoms with E-state index in [0.29, 0.717) is 12.6 Å². The molecule has 0 spiro atoms. The number of rotatable bonds is 8. The number of benzene rings is 1. The molecule has 2 atom stereocenters. The molecule has 1 saturated heterocycles. The molecule has 168 valence electrons. The number of ether oxygens (including phenoxy) is 1. The van der Waals surface area contributed by atoms with Crippen molar-refractivity contribution in [1.29, 1.82) is 0 Å². The number of carboxylic acid groups (broad SMARTS) is 1. The molecule has 1 saturated carbocycles. The van der Waals surface area contributed by atoms with Crippen molar-refractivity contribution in [2.45, 2.75) is 31.6 Å². The molecule has 0 bridgehead atoms. The van der Waals surface area contributed by atoms with Crippen LogP contribution in [0.1, 0.15) is 23.2 Å². The Balaban J connectivity index is 1.81. The van der Waals surface area contributed by atoms with Gasteiger partial charge in [0.2, 0.25) is 5.43 Å². The number of nitrogens with one attached hydrogen (secondary N) is 1. The molecule has 2 heterocycles. The van der Waals surface area contributed by atoms with E-state index in [9.17, 15) is 23.5 Å². The van der Waals surface area contributed by atoms with Gasteiger partial charge in [-0.15, -0.1) is 0 Å². The van der Waals surface area contributed by atoms with Crippen LogP contribution in [-0.2, 0) is 6.54 Å². The largest absolute Gasteiger partial charge is 0.492 e. The summed E-state index contributed by atoms with van der Waals surface area (Å²) in [6.45, 7) is -0.402. The maximum absolute atomic E-state index is 15.2. The van der Waals surface area contributed by atoms with Crippen molar-refractivity contribution in [2.24, 2.45) is 5.92 Å². The Morgan fingerprint density at radius 3 is 2.71 bits per heavy atom. The molecule has 31 heavy (non-hydrogen) atoms. The standard InChI is InChI=1S/C21H24F3N3O4/c1-31-20-17-13(19(28)14(21(29)30)9-26(17)5-4-22)6-15(23)18(20)27-8-11(16(24)10-27)7-25-12-2-3-12/h6,9,11-12,16,25H,2-5,7-8,10H2,1H3,(H,29,30). The molecule has 1 aliphatic heterocycles. The monoisotopic (exact) mass is 439 g/mol. The number of nitrogens with zero attached hydrogens (tertiary/aromatic N) is 2. The fourth-order valence-corrected chi connectivity index (χ4v) is 4.21. The molecule has 2 aliphatic rings. The molecule has 1 aromatic carbocycles. The van der Waals surface area contributed by atoms with Crippen LogP contribution in [-0.4, -0.2) is 61.3 Å². The predicted molar refractivity (Wildman–Crippen MR) is 109 cm³/mol. The molecule has 7 nitrogen and oxygen atoms in total. The highest BCUT2D eigenvalue weighted by Crippen LogP contribution is 2.40. The minimum atomic E-state index is -1.49. The summed E-state index contributed by atoms with van der Waals surface area (Å²) in [4.78, 5) is 25.6.